The molecule has 0 saturated heterocycles. The minimum Gasteiger partial charge on any atom is -0.328 e. The number of pyridine rings is 1. The van der Waals surface area contributed by atoms with Gasteiger partial charge in [-0.2, -0.15) is 0 Å². The first kappa shape index (κ1) is 15.7. The van der Waals surface area contributed by atoms with Gasteiger partial charge in [0.15, 0.2) is 0 Å². The highest BCUT2D eigenvalue weighted by molar-refractivity contribution is 5.30. The van der Waals surface area contributed by atoms with Gasteiger partial charge < -0.3 is 5.73 Å². The first-order chi connectivity index (χ1) is 11.0. The maximum atomic E-state index is 12.7. The standard InChI is InChI=1S/C17H22N4O2/c1-11(18)9-12-7-8-15(19-10-12)21-16(22)13-5-3-4-6-14(13)20(2)17(21)23/h7-8,10-11H,3-6,9,18H2,1-2H3. The van der Waals surface area contributed by atoms with E-state index in [1.165, 1.54) is 4.57 Å². The third kappa shape index (κ3) is 2.86. The first-order valence-electron chi connectivity index (χ1n) is 8.03. The van der Waals surface area contributed by atoms with Crippen molar-refractivity contribution in [1.29, 1.82) is 0 Å². The van der Waals surface area contributed by atoms with Gasteiger partial charge in [0.1, 0.15) is 5.82 Å². The summed E-state index contributed by atoms with van der Waals surface area (Å²) in [5.41, 5.74) is 7.84. The third-order valence-corrected chi connectivity index (χ3v) is 4.38. The average molecular weight is 314 g/mol. The van der Waals surface area contributed by atoms with Gasteiger partial charge in [0.25, 0.3) is 5.56 Å². The summed E-state index contributed by atoms with van der Waals surface area (Å²) in [6.07, 6.45) is 5.92. The number of nitrogens with zero attached hydrogens (tertiary/aromatic N) is 3. The number of nitrogens with two attached hydrogens (primary N) is 1. The zero-order valence-electron chi connectivity index (χ0n) is 13.6. The molecule has 3 rings (SSSR count). The largest absolute Gasteiger partial charge is 0.336 e. The van der Waals surface area contributed by atoms with Crippen molar-refractivity contribution in [3.05, 3.63) is 56.0 Å². The lowest BCUT2D eigenvalue weighted by molar-refractivity contribution is 0.583. The highest BCUT2D eigenvalue weighted by Crippen LogP contribution is 2.16. The van der Waals surface area contributed by atoms with Crippen LogP contribution < -0.4 is 17.0 Å². The highest BCUT2D eigenvalue weighted by atomic mass is 16.2. The van der Waals surface area contributed by atoms with Crippen molar-refractivity contribution in [2.45, 2.75) is 45.1 Å². The van der Waals surface area contributed by atoms with Crippen LogP contribution in [-0.2, 0) is 26.3 Å². The van der Waals surface area contributed by atoms with E-state index in [4.69, 9.17) is 5.73 Å². The lowest BCUT2D eigenvalue weighted by Crippen LogP contribution is -2.43. The SMILES string of the molecule is CC(N)Cc1ccc(-n2c(=O)c3c(n(C)c2=O)CCCC3)nc1. The summed E-state index contributed by atoms with van der Waals surface area (Å²) >= 11 is 0. The summed E-state index contributed by atoms with van der Waals surface area (Å²) < 4.78 is 2.77. The predicted octanol–water partition coefficient (Wildman–Crippen LogP) is 0.700. The molecular formula is C17H22N4O2. The van der Waals surface area contributed by atoms with Gasteiger partial charge in [-0.15, -0.1) is 0 Å². The van der Waals surface area contributed by atoms with E-state index in [1.54, 1.807) is 23.9 Å². The van der Waals surface area contributed by atoms with E-state index >= 15 is 0 Å². The van der Waals surface area contributed by atoms with Crippen molar-refractivity contribution in [3.8, 4) is 5.82 Å². The zero-order chi connectivity index (χ0) is 16.6. The van der Waals surface area contributed by atoms with Crippen LogP contribution in [0.25, 0.3) is 5.82 Å². The van der Waals surface area contributed by atoms with Crippen molar-refractivity contribution in [1.82, 2.24) is 14.1 Å². The minimum atomic E-state index is -0.330. The molecule has 0 bridgehead atoms. The molecule has 0 saturated carbocycles. The molecule has 1 unspecified atom stereocenters. The molecule has 2 N–H and O–H groups in total. The molecule has 2 aromatic heterocycles. The maximum Gasteiger partial charge on any atom is 0.336 e. The highest BCUT2D eigenvalue weighted by Gasteiger charge is 2.21. The summed E-state index contributed by atoms with van der Waals surface area (Å²) in [6.45, 7) is 1.93. The number of fused-ring (bicyclic) bond motifs is 1. The molecule has 6 heteroatoms. The van der Waals surface area contributed by atoms with Gasteiger partial charge in [0.05, 0.1) is 0 Å². The van der Waals surface area contributed by atoms with Crippen LogP contribution in [-0.4, -0.2) is 20.2 Å². The van der Waals surface area contributed by atoms with Gasteiger partial charge in [0.2, 0.25) is 0 Å². The Bertz CT molecular complexity index is 831. The van der Waals surface area contributed by atoms with Crippen LogP contribution >= 0.6 is 0 Å². The van der Waals surface area contributed by atoms with Gasteiger partial charge in [-0.05, 0) is 50.7 Å². The molecule has 0 radical (unpaired) electrons. The zero-order valence-corrected chi connectivity index (χ0v) is 13.6. The van der Waals surface area contributed by atoms with Gasteiger partial charge in [0, 0.05) is 30.5 Å². The summed E-state index contributed by atoms with van der Waals surface area (Å²) in [7, 11) is 1.73. The Morgan fingerprint density at radius 2 is 2.00 bits per heavy atom. The smallest absolute Gasteiger partial charge is 0.328 e. The Balaban J connectivity index is 2.11. The molecule has 1 aliphatic rings. The third-order valence-electron chi connectivity index (χ3n) is 4.38. The van der Waals surface area contributed by atoms with E-state index in [0.29, 0.717) is 12.2 Å². The van der Waals surface area contributed by atoms with Gasteiger partial charge in [-0.1, -0.05) is 6.07 Å². The van der Waals surface area contributed by atoms with Crippen molar-refractivity contribution < 1.29 is 0 Å². The normalized spacial score (nSPS) is 15.3. The molecule has 2 heterocycles. The fraction of sp³-hybridized carbons (Fsp3) is 0.471. The van der Waals surface area contributed by atoms with E-state index in [2.05, 4.69) is 4.98 Å². The second kappa shape index (κ2) is 6.12. The van der Waals surface area contributed by atoms with Crippen LogP contribution in [0.3, 0.4) is 0 Å². The molecular weight excluding hydrogens is 292 g/mol. The Kier molecular flexibility index (Phi) is 4.17. The number of rotatable bonds is 3. The van der Waals surface area contributed by atoms with Crippen LogP contribution in [0.15, 0.2) is 27.9 Å². The van der Waals surface area contributed by atoms with Crippen LogP contribution in [0.4, 0.5) is 0 Å². The number of hydrogen-bond acceptors (Lipinski definition) is 4. The van der Waals surface area contributed by atoms with Gasteiger partial charge in [-0.3, -0.25) is 9.36 Å². The second-order valence-corrected chi connectivity index (χ2v) is 6.32. The molecule has 0 amide bonds. The van der Waals surface area contributed by atoms with Gasteiger partial charge >= 0.3 is 5.69 Å². The van der Waals surface area contributed by atoms with E-state index < -0.39 is 0 Å². The van der Waals surface area contributed by atoms with E-state index in [1.807, 2.05) is 13.0 Å². The van der Waals surface area contributed by atoms with Gasteiger partial charge in [-0.25, -0.2) is 14.3 Å². The van der Waals surface area contributed by atoms with E-state index in [-0.39, 0.29) is 17.3 Å². The fourth-order valence-corrected chi connectivity index (χ4v) is 3.22. The molecule has 1 aliphatic carbocycles. The van der Waals surface area contributed by atoms with E-state index in [9.17, 15) is 9.59 Å². The van der Waals surface area contributed by atoms with Crippen molar-refractivity contribution in [2.75, 3.05) is 0 Å². The summed E-state index contributed by atoms with van der Waals surface area (Å²) in [6, 6.07) is 3.63. The molecule has 6 nitrogen and oxygen atoms in total. The molecule has 0 spiro atoms. The maximum absolute atomic E-state index is 12.7. The molecule has 2 aromatic rings. The van der Waals surface area contributed by atoms with Crippen LogP contribution in [0, 0.1) is 0 Å². The Morgan fingerprint density at radius 1 is 1.26 bits per heavy atom. The summed E-state index contributed by atoms with van der Waals surface area (Å²) in [5.74, 6) is 0.373. The monoisotopic (exact) mass is 314 g/mol. The molecule has 23 heavy (non-hydrogen) atoms. The molecule has 0 aromatic carbocycles. The molecule has 0 fully saturated rings. The van der Waals surface area contributed by atoms with Crippen LogP contribution in [0.2, 0.25) is 0 Å². The molecule has 1 atom stereocenters. The number of aromatic nitrogens is 3. The first-order valence-corrected chi connectivity index (χ1v) is 8.03. The quantitative estimate of drug-likeness (QED) is 0.904. The minimum absolute atomic E-state index is 0.0435. The topological polar surface area (TPSA) is 82.9 Å². The Labute approximate surface area is 134 Å². The van der Waals surface area contributed by atoms with Crippen molar-refractivity contribution in [2.24, 2.45) is 12.8 Å². The van der Waals surface area contributed by atoms with Crippen molar-refractivity contribution >= 4 is 0 Å². The average Bonchev–Trinajstić information content (AvgIpc) is 2.54. The summed E-state index contributed by atoms with van der Waals surface area (Å²) in [5, 5.41) is 0. The Hall–Kier alpha value is -2.21. The summed E-state index contributed by atoms with van der Waals surface area (Å²) in [4.78, 5) is 29.6. The van der Waals surface area contributed by atoms with Crippen LogP contribution in [0.1, 0.15) is 36.6 Å². The van der Waals surface area contributed by atoms with E-state index in [0.717, 1.165) is 42.5 Å². The lowest BCUT2D eigenvalue weighted by atomic mass is 9.97. The number of hydrogen-bond donors (Lipinski definition) is 1. The molecule has 122 valence electrons. The second-order valence-electron chi connectivity index (χ2n) is 6.32. The predicted molar refractivity (Wildman–Crippen MR) is 89.1 cm³/mol. The molecule has 0 aliphatic heterocycles. The van der Waals surface area contributed by atoms with Crippen LogP contribution in [0.5, 0.6) is 0 Å². The van der Waals surface area contributed by atoms with Crippen molar-refractivity contribution in [3.63, 3.8) is 0 Å². The fourth-order valence-electron chi connectivity index (χ4n) is 3.22. The Morgan fingerprint density at radius 3 is 2.65 bits per heavy atom. The lowest BCUT2D eigenvalue weighted by Gasteiger charge is -2.20.